The second-order valence-electron chi connectivity index (χ2n) is 5.84. The zero-order chi connectivity index (χ0) is 13.7. The van der Waals surface area contributed by atoms with Crippen LogP contribution in [0.2, 0.25) is 0 Å². The van der Waals surface area contributed by atoms with Crippen LogP contribution in [0.1, 0.15) is 46.5 Å². The Kier molecular flexibility index (Phi) is 5.00. The van der Waals surface area contributed by atoms with Gasteiger partial charge < -0.3 is 10.6 Å². The van der Waals surface area contributed by atoms with Crippen molar-refractivity contribution < 1.29 is 0 Å². The molecule has 1 aliphatic carbocycles. The summed E-state index contributed by atoms with van der Waals surface area (Å²) >= 11 is 0. The van der Waals surface area contributed by atoms with Crippen molar-refractivity contribution in [1.29, 1.82) is 0 Å². The standard InChI is InChI=1S/C15H26N4/c1-4-8-16-15-17-9-7-14(19-15)18-13-6-5-11(2)10-12(13)3/h7,9,11-13H,4-6,8,10H2,1-3H3,(H2,16,17,18,19). The summed E-state index contributed by atoms with van der Waals surface area (Å²) in [7, 11) is 0. The summed E-state index contributed by atoms with van der Waals surface area (Å²) in [5, 5.41) is 6.80. The molecule has 4 heteroatoms. The van der Waals surface area contributed by atoms with Gasteiger partial charge in [0, 0.05) is 18.8 Å². The molecule has 3 unspecified atom stereocenters. The van der Waals surface area contributed by atoms with Gasteiger partial charge in [-0.25, -0.2) is 4.98 Å². The van der Waals surface area contributed by atoms with Crippen molar-refractivity contribution in [2.45, 2.75) is 52.5 Å². The zero-order valence-electron chi connectivity index (χ0n) is 12.3. The summed E-state index contributed by atoms with van der Waals surface area (Å²) in [5.41, 5.74) is 0. The SMILES string of the molecule is CCCNc1nccc(NC2CCC(C)CC2C)n1. The maximum absolute atomic E-state index is 4.52. The first kappa shape index (κ1) is 14.1. The molecule has 2 rings (SSSR count). The van der Waals surface area contributed by atoms with Gasteiger partial charge in [-0.15, -0.1) is 0 Å². The lowest BCUT2D eigenvalue weighted by atomic mass is 9.80. The molecule has 1 aliphatic rings. The van der Waals surface area contributed by atoms with Gasteiger partial charge in [0.25, 0.3) is 0 Å². The Labute approximate surface area is 116 Å². The van der Waals surface area contributed by atoms with Crippen LogP contribution in [0.4, 0.5) is 11.8 Å². The third-order valence-corrected chi connectivity index (χ3v) is 3.95. The van der Waals surface area contributed by atoms with E-state index in [1.807, 2.05) is 12.3 Å². The predicted octanol–water partition coefficient (Wildman–Crippen LogP) is 3.54. The highest BCUT2D eigenvalue weighted by atomic mass is 15.1. The largest absolute Gasteiger partial charge is 0.367 e. The van der Waals surface area contributed by atoms with Crippen LogP contribution in [0.3, 0.4) is 0 Å². The van der Waals surface area contributed by atoms with Crippen molar-refractivity contribution in [2.24, 2.45) is 11.8 Å². The zero-order valence-corrected chi connectivity index (χ0v) is 12.3. The lowest BCUT2D eigenvalue weighted by Gasteiger charge is -2.33. The van der Waals surface area contributed by atoms with Crippen LogP contribution in [0.15, 0.2) is 12.3 Å². The fourth-order valence-corrected chi connectivity index (χ4v) is 2.83. The van der Waals surface area contributed by atoms with E-state index in [2.05, 4.69) is 41.4 Å². The maximum atomic E-state index is 4.52. The van der Waals surface area contributed by atoms with Crippen LogP contribution in [0.5, 0.6) is 0 Å². The molecule has 3 atom stereocenters. The number of nitrogens with one attached hydrogen (secondary N) is 2. The van der Waals surface area contributed by atoms with Gasteiger partial charge in [-0.05, 0) is 43.6 Å². The maximum Gasteiger partial charge on any atom is 0.224 e. The highest BCUT2D eigenvalue weighted by Crippen LogP contribution is 2.30. The van der Waals surface area contributed by atoms with Gasteiger partial charge in [0.2, 0.25) is 5.95 Å². The summed E-state index contributed by atoms with van der Waals surface area (Å²) in [5.74, 6) is 3.25. The van der Waals surface area contributed by atoms with Gasteiger partial charge in [0.15, 0.2) is 0 Å². The second-order valence-corrected chi connectivity index (χ2v) is 5.84. The molecular weight excluding hydrogens is 236 g/mol. The quantitative estimate of drug-likeness (QED) is 0.852. The van der Waals surface area contributed by atoms with Crippen LogP contribution in [0.25, 0.3) is 0 Å². The summed E-state index contributed by atoms with van der Waals surface area (Å²) in [6.45, 7) is 7.75. The van der Waals surface area contributed by atoms with Gasteiger partial charge in [-0.1, -0.05) is 20.8 Å². The van der Waals surface area contributed by atoms with Crippen molar-refractivity contribution in [1.82, 2.24) is 9.97 Å². The first-order chi connectivity index (χ1) is 9.19. The van der Waals surface area contributed by atoms with E-state index >= 15 is 0 Å². The van der Waals surface area contributed by atoms with Crippen molar-refractivity contribution in [3.05, 3.63) is 12.3 Å². The van der Waals surface area contributed by atoms with E-state index in [-0.39, 0.29) is 0 Å². The molecule has 1 heterocycles. The van der Waals surface area contributed by atoms with Crippen LogP contribution in [-0.4, -0.2) is 22.6 Å². The van der Waals surface area contributed by atoms with Gasteiger partial charge in [0.1, 0.15) is 5.82 Å². The Bertz CT molecular complexity index is 393. The summed E-state index contributed by atoms with van der Waals surface area (Å²) in [6, 6.07) is 2.51. The smallest absolute Gasteiger partial charge is 0.224 e. The van der Waals surface area contributed by atoms with Gasteiger partial charge in [0.05, 0.1) is 0 Å². The fraction of sp³-hybridized carbons (Fsp3) is 0.733. The molecule has 0 aliphatic heterocycles. The molecule has 106 valence electrons. The Morgan fingerprint density at radius 3 is 2.89 bits per heavy atom. The Morgan fingerprint density at radius 1 is 1.32 bits per heavy atom. The first-order valence-corrected chi connectivity index (χ1v) is 7.52. The lowest BCUT2D eigenvalue weighted by molar-refractivity contribution is 0.276. The molecule has 1 fully saturated rings. The van der Waals surface area contributed by atoms with Crippen molar-refractivity contribution in [3.63, 3.8) is 0 Å². The number of aromatic nitrogens is 2. The molecule has 19 heavy (non-hydrogen) atoms. The molecule has 0 bridgehead atoms. The number of hydrogen-bond donors (Lipinski definition) is 2. The van der Waals surface area contributed by atoms with Crippen LogP contribution in [-0.2, 0) is 0 Å². The van der Waals surface area contributed by atoms with E-state index in [1.54, 1.807) is 0 Å². The van der Waals surface area contributed by atoms with E-state index in [4.69, 9.17) is 0 Å². The van der Waals surface area contributed by atoms with E-state index in [0.717, 1.165) is 30.6 Å². The Balaban J connectivity index is 1.94. The average molecular weight is 262 g/mol. The molecule has 2 N–H and O–H groups in total. The van der Waals surface area contributed by atoms with Crippen LogP contribution < -0.4 is 10.6 Å². The molecule has 0 radical (unpaired) electrons. The van der Waals surface area contributed by atoms with E-state index in [1.165, 1.54) is 19.3 Å². The molecule has 0 spiro atoms. The molecular formula is C15H26N4. The second kappa shape index (κ2) is 6.73. The van der Waals surface area contributed by atoms with Gasteiger partial charge in [-0.3, -0.25) is 0 Å². The third kappa shape index (κ3) is 4.08. The van der Waals surface area contributed by atoms with Crippen molar-refractivity contribution >= 4 is 11.8 Å². The minimum Gasteiger partial charge on any atom is -0.367 e. The van der Waals surface area contributed by atoms with Crippen LogP contribution in [0, 0.1) is 11.8 Å². The number of nitrogens with zero attached hydrogens (tertiary/aromatic N) is 2. The minimum absolute atomic E-state index is 0.546. The minimum atomic E-state index is 0.546. The van der Waals surface area contributed by atoms with Gasteiger partial charge in [-0.2, -0.15) is 4.98 Å². The lowest BCUT2D eigenvalue weighted by Crippen LogP contribution is -2.33. The van der Waals surface area contributed by atoms with E-state index < -0.39 is 0 Å². The van der Waals surface area contributed by atoms with E-state index in [0.29, 0.717) is 12.0 Å². The number of anilines is 2. The molecule has 0 amide bonds. The average Bonchev–Trinajstić information content (AvgIpc) is 2.40. The molecule has 1 aromatic rings. The third-order valence-electron chi connectivity index (χ3n) is 3.95. The Hall–Kier alpha value is -1.32. The Morgan fingerprint density at radius 2 is 2.16 bits per heavy atom. The first-order valence-electron chi connectivity index (χ1n) is 7.52. The predicted molar refractivity (Wildman–Crippen MR) is 80.4 cm³/mol. The highest BCUT2D eigenvalue weighted by Gasteiger charge is 2.25. The normalized spacial score (nSPS) is 27.0. The fourth-order valence-electron chi connectivity index (χ4n) is 2.83. The number of rotatable bonds is 5. The van der Waals surface area contributed by atoms with Crippen LogP contribution >= 0.6 is 0 Å². The molecule has 1 aromatic heterocycles. The molecule has 4 nitrogen and oxygen atoms in total. The highest BCUT2D eigenvalue weighted by molar-refractivity contribution is 5.40. The molecule has 0 saturated heterocycles. The summed E-state index contributed by atoms with van der Waals surface area (Å²) in [4.78, 5) is 8.76. The van der Waals surface area contributed by atoms with E-state index in [9.17, 15) is 0 Å². The number of hydrogen-bond acceptors (Lipinski definition) is 4. The topological polar surface area (TPSA) is 49.8 Å². The molecule has 1 saturated carbocycles. The summed E-state index contributed by atoms with van der Waals surface area (Å²) < 4.78 is 0. The summed E-state index contributed by atoms with van der Waals surface area (Å²) in [6.07, 6.45) is 6.77. The van der Waals surface area contributed by atoms with Crippen molar-refractivity contribution in [2.75, 3.05) is 17.2 Å². The van der Waals surface area contributed by atoms with Gasteiger partial charge >= 0.3 is 0 Å². The molecule has 0 aromatic carbocycles. The monoisotopic (exact) mass is 262 g/mol. The van der Waals surface area contributed by atoms with Crippen molar-refractivity contribution in [3.8, 4) is 0 Å².